The zero-order valence-corrected chi connectivity index (χ0v) is 12.7. The Morgan fingerprint density at radius 3 is 2.85 bits per heavy atom. The molecule has 20 heavy (non-hydrogen) atoms. The Morgan fingerprint density at radius 2 is 2.25 bits per heavy atom. The van der Waals surface area contributed by atoms with E-state index in [0.717, 1.165) is 0 Å². The number of hydrogen-bond donors (Lipinski definition) is 2. The molecule has 2 N–H and O–H groups in total. The second kappa shape index (κ2) is 7.42. The summed E-state index contributed by atoms with van der Waals surface area (Å²) in [6, 6.07) is 3.58. The molecule has 0 aliphatic heterocycles. The maximum atomic E-state index is 12.1. The number of carbonyl (C=O) groups is 1. The number of nitrogens with zero attached hydrogens (tertiary/aromatic N) is 2. The van der Waals surface area contributed by atoms with Crippen LogP contribution in [0.1, 0.15) is 17.4 Å². The van der Waals surface area contributed by atoms with Gasteiger partial charge in [-0.15, -0.1) is 0 Å². The SMILES string of the molecule is COCCn1cccc1C(=O)NCC(C)(O)CN(C)C. The van der Waals surface area contributed by atoms with Crippen LogP contribution in [0.25, 0.3) is 0 Å². The second-order valence-corrected chi connectivity index (χ2v) is 5.50. The van der Waals surface area contributed by atoms with Gasteiger partial charge in [0.15, 0.2) is 0 Å². The predicted molar refractivity (Wildman–Crippen MR) is 77.8 cm³/mol. The van der Waals surface area contributed by atoms with Gasteiger partial charge in [0.05, 0.1) is 12.2 Å². The zero-order valence-electron chi connectivity index (χ0n) is 12.7. The minimum Gasteiger partial charge on any atom is -0.387 e. The van der Waals surface area contributed by atoms with Crippen LogP contribution in [0.15, 0.2) is 18.3 Å². The van der Waals surface area contributed by atoms with Gasteiger partial charge in [-0.25, -0.2) is 0 Å². The summed E-state index contributed by atoms with van der Waals surface area (Å²) < 4.78 is 6.84. The van der Waals surface area contributed by atoms with Crippen LogP contribution in [-0.2, 0) is 11.3 Å². The Balaban J connectivity index is 2.56. The van der Waals surface area contributed by atoms with E-state index in [1.165, 1.54) is 0 Å². The number of rotatable bonds is 8. The van der Waals surface area contributed by atoms with Gasteiger partial charge in [-0.3, -0.25) is 4.79 Å². The van der Waals surface area contributed by atoms with Gasteiger partial charge in [0.25, 0.3) is 5.91 Å². The molecular weight excluding hydrogens is 258 g/mol. The molecule has 0 radical (unpaired) electrons. The van der Waals surface area contributed by atoms with E-state index in [2.05, 4.69) is 5.32 Å². The van der Waals surface area contributed by atoms with Crippen LogP contribution in [0.5, 0.6) is 0 Å². The minimum atomic E-state index is -0.955. The fourth-order valence-corrected chi connectivity index (χ4v) is 2.10. The molecule has 0 aliphatic rings. The highest BCUT2D eigenvalue weighted by atomic mass is 16.5. The fourth-order valence-electron chi connectivity index (χ4n) is 2.10. The van der Waals surface area contributed by atoms with Gasteiger partial charge in [0.1, 0.15) is 5.69 Å². The molecule has 1 amide bonds. The lowest BCUT2D eigenvalue weighted by Gasteiger charge is -2.27. The second-order valence-electron chi connectivity index (χ2n) is 5.50. The molecule has 1 aromatic rings. The molecular formula is C14H25N3O3. The largest absolute Gasteiger partial charge is 0.387 e. The van der Waals surface area contributed by atoms with Crippen molar-refractivity contribution in [3.05, 3.63) is 24.0 Å². The van der Waals surface area contributed by atoms with Gasteiger partial charge in [-0.05, 0) is 33.2 Å². The van der Waals surface area contributed by atoms with Gasteiger partial charge < -0.3 is 24.6 Å². The van der Waals surface area contributed by atoms with Gasteiger partial charge in [-0.1, -0.05) is 0 Å². The Morgan fingerprint density at radius 1 is 1.55 bits per heavy atom. The molecule has 0 saturated heterocycles. The smallest absolute Gasteiger partial charge is 0.268 e. The van der Waals surface area contributed by atoms with E-state index in [-0.39, 0.29) is 12.5 Å². The number of carbonyl (C=O) groups excluding carboxylic acids is 1. The van der Waals surface area contributed by atoms with E-state index in [1.807, 2.05) is 35.8 Å². The summed E-state index contributed by atoms with van der Waals surface area (Å²) in [4.78, 5) is 14.0. The number of hydrogen-bond acceptors (Lipinski definition) is 4. The van der Waals surface area contributed by atoms with Crippen LogP contribution in [0, 0.1) is 0 Å². The summed E-state index contributed by atoms with van der Waals surface area (Å²) in [5.74, 6) is -0.190. The van der Waals surface area contributed by atoms with Gasteiger partial charge in [0.2, 0.25) is 0 Å². The van der Waals surface area contributed by atoms with Crippen molar-refractivity contribution in [3.8, 4) is 0 Å². The van der Waals surface area contributed by atoms with Crippen LogP contribution in [0.4, 0.5) is 0 Å². The first-order valence-electron chi connectivity index (χ1n) is 6.65. The Kier molecular flexibility index (Phi) is 6.19. The van der Waals surface area contributed by atoms with Crippen molar-refractivity contribution in [3.63, 3.8) is 0 Å². The van der Waals surface area contributed by atoms with Crippen LogP contribution in [0.3, 0.4) is 0 Å². The molecule has 0 fully saturated rings. The predicted octanol–water partition coefficient (Wildman–Crippen LogP) is 0.177. The summed E-state index contributed by atoms with van der Waals surface area (Å²) in [5, 5.41) is 12.9. The Bertz CT molecular complexity index is 427. The number of methoxy groups -OCH3 is 1. The van der Waals surface area contributed by atoms with Crippen molar-refractivity contribution in [2.75, 3.05) is 40.9 Å². The molecule has 1 heterocycles. The van der Waals surface area contributed by atoms with Crippen LogP contribution < -0.4 is 5.32 Å². The number of aromatic nitrogens is 1. The van der Waals surface area contributed by atoms with Gasteiger partial charge in [0, 0.05) is 32.9 Å². The number of nitrogens with one attached hydrogen (secondary N) is 1. The summed E-state index contributed by atoms with van der Waals surface area (Å²) in [7, 11) is 5.39. The molecule has 1 rings (SSSR count). The third-order valence-corrected chi connectivity index (χ3v) is 2.89. The third-order valence-electron chi connectivity index (χ3n) is 2.89. The van der Waals surface area contributed by atoms with Crippen molar-refractivity contribution in [2.24, 2.45) is 0 Å². The monoisotopic (exact) mass is 283 g/mol. The molecule has 114 valence electrons. The topological polar surface area (TPSA) is 66.7 Å². The number of ether oxygens (including phenoxy) is 1. The highest BCUT2D eigenvalue weighted by molar-refractivity contribution is 5.92. The molecule has 1 unspecified atom stereocenters. The van der Waals surface area contributed by atoms with E-state index in [4.69, 9.17) is 4.74 Å². The highest BCUT2D eigenvalue weighted by Crippen LogP contribution is 2.06. The average molecular weight is 283 g/mol. The van der Waals surface area contributed by atoms with E-state index in [1.54, 1.807) is 20.1 Å². The molecule has 0 saturated carbocycles. The molecule has 6 nitrogen and oxygen atoms in total. The standard InChI is InChI=1S/C14H25N3O3/c1-14(19,11-16(2)3)10-15-13(18)12-6-5-7-17(12)8-9-20-4/h5-7,19H,8-11H2,1-4H3,(H,15,18). The van der Waals surface area contributed by atoms with E-state index in [9.17, 15) is 9.90 Å². The first kappa shape index (κ1) is 16.7. The van der Waals surface area contributed by atoms with E-state index < -0.39 is 5.60 Å². The molecule has 0 spiro atoms. The first-order valence-corrected chi connectivity index (χ1v) is 6.65. The fraction of sp³-hybridized carbons (Fsp3) is 0.643. The van der Waals surface area contributed by atoms with Crippen LogP contribution >= 0.6 is 0 Å². The van der Waals surface area contributed by atoms with Crippen molar-refractivity contribution < 1.29 is 14.6 Å². The normalized spacial score (nSPS) is 14.3. The highest BCUT2D eigenvalue weighted by Gasteiger charge is 2.23. The molecule has 6 heteroatoms. The lowest BCUT2D eigenvalue weighted by molar-refractivity contribution is 0.0324. The Labute approximate surface area is 120 Å². The maximum Gasteiger partial charge on any atom is 0.268 e. The summed E-state index contributed by atoms with van der Waals surface area (Å²) in [5.41, 5.74) is -0.383. The molecule has 1 atom stereocenters. The minimum absolute atomic E-state index is 0.190. The molecule has 0 aliphatic carbocycles. The van der Waals surface area contributed by atoms with Crippen LogP contribution in [0.2, 0.25) is 0 Å². The van der Waals surface area contributed by atoms with Crippen molar-refractivity contribution in [2.45, 2.75) is 19.1 Å². The summed E-state index contributed by atoms with van der Waals surface area (Å²) in [6.45, 7) is 3.57. The van der Waals surface area contributed by atoms with Crippen molar-refractivity contribution >= 4 is 5.91 Å². The molecule has 1 aromatic heterocycles. The third kappa shape index (κ3) is 5.32. The van der Waals surface area contributed by atoms with Gasteiger partial charge >= 0.3 is 0 Å². The lowest BCUT2D eigenvalue weighted by Crippen LogP contribution is -2.47. The first-order chi connectivity index (χ1) is 9.35. The number of likely N-dealkylation sites (N-methyl/N-ethyl adjacent to an activating group) is 1. The summed E-state index contributed by atoms with van der Waals surface area (Å²) >= 11 is 0. The quantitative estimate of drug-likeness (QED) is 0.714. The van der Waals surface area contributed by atoms with Gasteiger partial charge in [-0.2, -0.15) is 0 Å². The average Bonchev–Trinajstić information content (AvgIpc) is 2.80. The van der Waals surface area contributed by atoms with Crippen molar-refractivity contribution in [1.82, 2.24) is 14.8 Å². The lowest BCUT2D eigenvalue weighted by atomic mass is 10.1. The number of amides is 1. The molecule has 0 aromatic carbocycles. The van der Waals surface area contributed by atoms with E-state index in [0.29, 0.717) is 25.4 Å². The summed E-state index contributed by atoms with van der Waals surface area (Å²) in [6.07, 6.45) is 1.84. The maximum absolute atomic E-state index is 12.1. The van der Waals surface area contributed by atoms with Crippen LogP contribution in [-0.4, -0.2) is 67.0 Å². The Hall–Kier alpha value is -1.37. The van der Waals surface area contributed by atoms with Crippen molar-refractivity contribution in [1.29, 1.82) is 0 Å². The van der Waals surface area contributed by atoms with E-state index >= 15 is 0 Å². The number of aliphatic hydroxyl groups is 1. The molecule has 0 bridgehead atoms. The zero-order chi connectivity index (χ0) is 15.2.